The molecule has 0 bridgehead atoms. The lowest BCUT2D eigenvalue weighted by Crippen LogP contribution is -2.14. The number of amides is 1. The zero-order chi connectivity index (χ0) is 24.1. The fourth-order valence-corrected chi connectivity index (χ4v) is 4.78. The zero-order valence-electron chi connectivity index (χ0n) is 18.2. The van der Waals surface area contributed by atoms with Gasteiger partial charge in [-0.15, -0.1) is 0 Å². The van der Waals surface area contributed by atoms with Gasteiger partial charge in [-0.2, -0.15) is 5.26 Å². The third-order valence-corrected chi connectivity index (χ3v) is 6.69. The van der Waals surface area contributed by atoms with Crippen molar-refractivity contribution < 1.29 is 9.18 Å². The molecule has 1 aromatic heterocycles. The molecule has 0 aliphatic heterocycles. The highest BCUT2D eigenvalue weighted by molar-refractivity contribution is 9.10. The third-order valence-electron chi connectivity index (χ3n) is 5.06. The summed E-state index contributed by atoms with van der Waals surface area (Å²) < 4.78 is 14.3. The number of anilines is 1. The van der Waals surface area contributed by atoms with Crippen LogP contribution in [0.5, 0.6) is 0 Å². The number of carbonyl (C=O) groups is 1. The van der Waals surface area contributed by atoms with E-state index in [2.05, 4.69) is 32.3 Å². The molecule has 168 valence electrons. The van der Waals surface area contributed by atoms with Crippen molar-refractivity contribution in [3.8, 4) is 28.5 Å². The average Bonchev–Trinajstić information content (AvgIpc) is 2.85. The molecule has 0 atom stereocenters. The van der Waals surface area contributed by atoms with E-state index >= 15 is 0 Å². The second kappa shape index (κ2) is 10.6. The molecular formula is C27H19BrFN3OS. The minimum atomic E-state index is -0.339. The monoisotopic (exact) mass is 531 g/mol. The summed E-state index contributed by atoms with van der Waals surface area (Å²) in [7, 11) is 0. The van der Waals surface area contributed by atoms with Gasteiger partial charge < -0.3 is 5.32 Å². The van der Waals surface area contributed by atoms with Crippen LogP contribution in [-0.2, 0) is 4.79 Å². The number of nitrogens with one attached hydrogen (secondary N) is 1. The second-order valence-corrected chi connectivity index (χ2v) is 9.36. The maximum Gasteiger partial charge on any atom is 0.234 e. The van der Waals surface area contributed by atoms with E-state index in [1.54, 1.807) is 12.1 Å². The summed E-state index contributed by atoms with van der Waals surface area (Å²) in [5, 5.41) is 13.3. The van der Waals surface area contributed by atoms with Crippen LogP contribution >= 0.6 is 27.7 Å². The van der Waals surface area contributed by atoms with Crippen LogP contribution in [0.1, 0.15) is 11.1 Å². The summed E-state index contributed by atoms with van der Waals surface area (Å²) in [5.74, 6) is -0.480. The Bertz CT molecular complexity index is 1390. The molecule has 34 heavy (non-hydrogen) atoms. The first kappa shape index (κ1) is 23.7. The van der Waals surface area contributed by atoms with Gasteiger partial charge in [-0.3, -0.25) is 4.79 Å². The van der Waals surface area contributed by atoms with Gasteiger partial charge in [0.2, 0.25) is 5.91 Å². The fraction of sp³-hybridized carbons (Fsp3) is 0.0741. The Labute approximate surface area is 210 Å². The van der Waals surface area contributed by atoms with Crippen LogP contribution in [0.2, 0.25) is 0 Å². The number of nitrogens with zero attached hydrogens (tertiary/aromatic N) is 2. The van der Waals surface area contributed by atoms with Crippen LogP contribution < -0.4 is 5.32 Å². The number of carbonyl (C=O) groups excluding carboxylic acids is 1. The minimum Gasteiger partial charge on any atom is -0.324 e. The van der Waals surface area contributed by atoms with Crippen LogP contribution in [0.4, 0.5) is 10.1 Å². The topological polar surface area (TPSA) is 65.8 Å². The first-order chi connectivity index (χ1) is 16.4. The predicted octanol–water partition coefficient (Wildman–Crippen LogP) is 7.23. The third kappa shape index (κ3) is 5.53. The number of aryl methyl sites for hydroxylation is 1. The number of hydrogen-bond acceptors (Lipinski definition) is 4. The Balaban J connectivity index is 1.67. The van der Waals surface area contributed by atoms with Crippen LogP contribution in [0.25, 0.3) is 22.4 Å². The molecule has 4 aromatic rings. The predicted molar refractivity (Wildman–Crippen MR) is 138 cm³/mol. The van der Waals surface area contributed by atoms with E-state index in [9.17, 15) is 14.4 Å². The Morgan fingerprint density at radius 2 is 1.79 bits per heavy atom. The number of halogens is 2. The number of benzene rings is 3. The molecular weight excluding hydrogens is 513 g/mol. The van der Waals surface area contributed by atoms with Crippen molar-refractivity contribution in [2.45, 2.75) is 11.9 Å². The van der Waals surface area contributed by atoms with Gasteiger partial charge in [0, 0.05) is 15.6 Å². The first-order valence-corrected chi connectivity index (χ1v) is 12.2. The number of pyridine rings is 1. The van der Waals surface area contributed by atoms with E-state index in [1.165, 1.54) is 23.9 Å². The molecule has 1 amide bonds. The van der Waals surface area contributed by atoms with E-state index in [-0.39, 0.29) is 17.5 Å². The lowest BCUT2D eigenvalue weighted by atomic mass is 9.99. The number of aromatic nitrogens is 1. The van der Waals surface area contributed by atoms with Gasteiger partial charge in [0.05, 0.1) is 22.7 Å². The van der Waals surface area contributed by atoms with E-state index < -0.39 is 0 Å². The van der Waals surface area contributed by atoms with Crippen molar-refractivity contribution in [3.05, 3.63) is 100 Å². The average molecular weight is 532 g/mol. The highest BCUT2D eigenvalue weighted by Crippen LogP contribution is 2.34. The molecule has 0 radical (unpaired) electrons. The molecule has 3 aromatic carbocycles. The van der Waals surface area contributed by atoms with Crippen molar-refractivity contribution in [2.24, 2.45) is 0 Å². The normalized spacial score (nSPS) is 10.5. The number of hydrogen-bond donors (Lipinski definition) is 1. The molecule has 1 heterocycles. The van der Waals surface area contributed by atoms with Crippen LogP contribution in [-0.4, -0.2) is 16.6 Å². The molecule has 0 saturated carbocycles. The summed E-state index contributed by atoms with van der Waals surface area (Å²) in [6, 6.07) is 25.3. The quantitative estimate of drug-likeness (QED) is 0.266. The number of thioether (sulfide) groups is 1. The van der Waals surface area contributed by atoms with Gasteiger partial charge in [-0.25, -0.2) is 9.37 Å². The van der Waals surface area contributed by atoms with Gasteiger partial charge in [-0.05, 0) is 76.4 Å². The fourth-order valence-electron chi connectivity index (χ4n) is 3.39. The largest absolute Gasteiger partial charge is 0.324 e. The smallest absolute Gasteiger partial charge is 0.234 e. The van der Waals surface area contributed by atoms with E-state index in [0.717, 1.165) is 21.2 Å². The summed E-state index contributed by atoms with van der Waals surface area (Å²) in [6.45, 7) is 1.97. The molecule has 0 spiro atoms. The molecule has 0 aliphatic carbocycles. The molecule has 1 N–H and O–H groups in total. The Kier molecular flexibility index (Phi) is 7.41. The van der Waals surface area contributed by atoms with Crippen molar-refractivity contribution in [1.82, 2.24) is 4.98 Å². The van der Waals surface area contributed by atoms with Gasteiger partial charge in [0.15, 0.2) is 0 Å². The molecule has 0 aliphatic rings. The van der Waals surface area contributed by atoms with Crippen LogP contribution in [0, 0.1) is 24.1 Å². The van der Waals surface area contributed by atoms with E-state index in [0.29, 0.717) is 27.5 Å². The standard InChI is InChI=1S/C27H19BrFN3OS/c1-17-7-12-24(23(28)13-17)31-26(33)16-34-27-22(15-30)21(18-5-3-2-4-6-18)14-25(32-27)19-8-10-20(29)11-9-19/h2-14H,16H2,1H3,(H,31,33). The molecule has 7 heteroatoms. The molecule has 0 saturated heterocycles. The maximum absolute atomic E-state index is 13.5. The van der Waals surface area contributed by atoms with Crippen LogP contribution in [0.15, 0.2) is 88.4 Å². The second-order valence-electron chi connectivity index (χ2n) is 7.54. The van der Waals surface area contributed by atoms with Crippen LogP contribution in [0.3, 0.4) is 0 Å². The van der Waals surface area contributed by atoms with Gasteiger partial charge in [0.1, 0.15) is 16.9 Å². The van der Waals surface area contributed by atoms with Crippen molar-refractivity contribution in [3.63, 3.8) is 0 Å². The number of nitriles is 1. The molecule has 4 nitrogen and oxygen atoms in total. The van der Waals surface area contributed by atoms with Crippen molar-refractivity contribution >= 4 is 39.3 Å². The Morgan fingerprint density at radius 3 is 2.47 bits per heavy atom. The molecule has 0 unspecified atom stereocenters. The van der Waals surface area contributed by atoms with Gasteiger partial charge in [-0.1, -0.05) is 48.2 Å². The highest BCUT2D eigenvalue weighted by Gasteiger charge is 2.17. The lowest BCUT2D eigenvalue weighted by Gasteiger charge is -2.13. The Morgan fingerprint density at radius 1 is 1.06 bits per heavy atom. The maximum atomic E-state index is 13.5. The van der Waals surface area contributed by atoms with Gasteiger partial charge >= 0.3 is 0 Å². The molecule has 4 rings (SSSR count). The van der Waals surface area contributed by atoms with E-state index in [1.807, 2.05) is 61.5 Å². The van der Waals surface area contributed by atoms with Gasteiger partial charge in [0.25, 0.3) is 0 Å². The minimum absolute atomic E-state index is 0.0725. The first-order valence-electron chi connectivity index (χ1n) is 10.4. The van der Waals surface area contributed by atoms with E-state index in [4.69, 9.17) is 0 Å². The highest BCUT2D eigenvalue weighted by atomic mass is 79.9. The van der Waals surface area contributed by atoms with Crippen molar-refractivity contribution in [2.75, 3.05) is 11.1 Å². The van der Waals surface area contributed by atoms with Crippen molar-refractivity contribution in [1.29, 1.82) is 5.26 Å². The Hall–Kier alpha value is -3.47. The zero-order valence-corrected chi connectivity index (χ0v) is 20.6. The number of rotatable bonds is 6. The summed E-state index contributed by atoms with van der Waals surface area (Å²) in [4.78, 5) is 17.3. The lowest BCUT2D eigenvalue weighted by molar-refractivity contribution is -0.113. The summed E-state index contributed by atoms with van der Waals surface area (Å²) in [5.41, 5.74) is 5.04. The SMILES string of the molecule is Cc1ccc(NC(=O)CSc2nc(-c3ccc(F)cc3)cc(-c3ccccc3)c2C#N)c(Br)c1. The summed E-state index contributed by atoms with van der Waals surface area (Å²) >= 11 is 4.66. The molecule has 0 fully saturated rings. The summed E-state index contributed by atoms with van der Waals surface area (Å²) in [6.07, 6.45) is 0.